The van der Waals surface area contributed by atoms with Crippen LogP contribution >= 0.6 is 0 Å². The second kappa shape index (κ2) is 12.1. The Balaban J connectivity index is 1.96. The molecule has 1 heterocycles. The van der Waals surface area contributed by atoms with Gasteiger partial charge in [-0.3, -0.25) is 24.2 Å². The maximum absolute atomic E-state index is 14.5. The maximum Gasteiger partial charge on any atom is 0.410 e. The van der Waals surface area contributed by atoms with Crippen molar-refractivity contribution in [3.05, 3.63) is 59.7 Å². The number of amides is 4. The van der Waals surface area contributed by atoms with Crippen molar-refractivity contribution in [1.82, 2.24) is 10.2 Å². The minimum atomic E-state index is -1.21. The third kappa shape index (κ3) is 6.55. The van der Waals surface area contributed by atoms with Crippen LogP contribution in [0.4, 0.5) is 25.0 Å². The first-order valence-electron chi connectivity index (χ1n) is 13.8. The van der Waals surface area contributed by atoms with Gasteiger partial charge in [-0.1, -0.05) is 52.0 Å². The van der Waals surface area contributed by atoms with Crippen LogP contribution in [0.2, 0.25) is 0 Å². The summed E-state index contributed by atoms with van der Waals surface area (Å²) in [5.74, 6) is -4.31. The van der Waals surface area contributed by atoms with E-state index >= 15 is 0 Å². The minimum Gasteiger partial charge on any atom is -0.444 e. The Morgan fingerprint density at radius 2 is 1.55 bits per heavy atom. The van der Waals surface area contributed by atoms with Gasteiger partial charge in [0.05, 0.1) is 0 Å². The zero-order valence-corrected chi connectivity index (χ0v) is 25.5. The number of benzene rings is 2. The Morgan fingerprint density at radius 3 is 2.10 bits per heavy atom. The van der Waals surface area contributed by atoms with Crippen molar-refractivity contribution < 1.29 is 32.7 Å². The lowest BCUT2D eigenvalue weighted by atomic mass is 9.80. The Hall–Kier alpha value is -4.02. The molecule has 0 fully saturated rings. The van der Waals surface area contributed by atoms with Gasteiger partial charge < -0.3 is 15.4 Å². The van der Waals surface area contributed by atoms with Gasteiger partial charge in [0.2, 0.25) is 11.8 Å². The highest BCUT2D eigenvalue weighted by molar-refractivity contribution is 6.11. The number of anilines is 2. The molecule has 0 aliphatic carbocycles. The molecule has 2 aromatic rings. The van der Waals surface area contributed by atoms with E-state index in [0.29, 0.717) is 11.3 Å². The number of nitrogens with zero attached hydrogens (tertiary/aromatic N) is 2. The molecule has 2 aromatic carbocycles. The molecular formula is C31H40F2N4O5. The zero-order chi connectivity index (χ0) is 31.7. The molecule has 2 unspecified atom stereocenters. The normalized spacial score (nSPS) is 17.2. The predicted molar refractivity (Wildman–Crippen MR) is 156 cm³/mol. The quantitative estimate of drug-likeness (QED) is 0.475. The van der Waals surface area contributed by atoms with Crippen LogP contribution in [-0.4, -0.2) is 59.5 Å². The standard InChI is InChI=1S/C31H40F2N4O5/c1-17(2)23(34-26(38)18(3)36(9)29(41)42-30(4,5)6)28(40)37-22-16-11-10-13-19(22)31(7,8)25(37)27(39)35-24-20(32)14-12-15-21(24)33/h10-18,23,25H,1-9H3,(H,34,38)(H,35,39)/t18?,23?,25-/m0/s1. The third-order valence-electron chi connectivity index (χ3n) is 7.37. The molecule has 3 atom stereocenters. The van der Waals surface area contributed by atoms with E-state index in [1.807, 2.05) is 0 Å². The molecular weight excluding hydrogens is 546 g/mol. The van der Waals surface area contributed by atoms with Crippen LogP contribution in [0, 0.1) is 17.6 Å². The Bertz CT molecular complexity index is 1350. The van der Waals surface area contributed by atoms with Crippen LogP contribution in [0.3, 0.4) is 0 Å². The number of carbonyl (C=O) groups is 4. The first-order chi connectivity index (χ1) is 19.4. The van der Waals surface area contributed by atoms with Gasteiger partial charge in [0.15, 0.2) is 0 Å². The number of ether oxygens (including phenoxy) is 1. The Morgan fingerprint density at radius 1 is 0.976 bits per heavy atom. The van der Waals surface area contributed by atoms with E-state index in [-0.39, 0.29) is 0 Å². The van der Waals surface area contributed by atoms with Crippen molar-refractivity contribution in [2.45, 2.75) is 84.5 Å². The van der Waals surface area contributed by atoms with Crippen LogP contribution in [0.1, 0.15) is 61.0 Å². The van der Waals surface area contributed by atoms with Crippen LogP contribution in [0.15, 0.2) is 42.5 Å². The molecule has 2 N–H and O–H groups in total. The van der Waals surface area contributed by atoms with Crippen LogP contribution in [0.5, 0.6) is 0 Å². The lowest BCUT2D eigenvalue weighted by Crippen LogP contribution is -2.60. The van der Waals surface area contributed by atoms with Gasteiger partial charge in [0, 0.05) is 18.2 Å². The van der Waals surface area contributed by atoms with Crippen molar-refractivity contribution in [3.8, 4) is 0 Å². The molecule has 0 saturated heterocycles. The third-order valence-corrected chi connectivity index (χ3v) is 7.37. The van der Waals surface area contributed by atoms with E-state index in [4.69, 9.17) is 4.74 Å². The highest BCUT2D eigenvalue weighted by Crippen LogP contribution is 2.46. The van der Waals surface area contributed by atoms with Crippen molar-refractivity contribution in [1.29, 1.82) is 0 Å². The van der Waals surface area contributed by atoms with Gasteiger partial charge in [-0.05, 0) is 57.4 Å². The van der Waals surface area contributed by atoms with E-state index in [9.17, 15) is 28.0 Å². The highest BCUT2D eigenvalue weighted by Gasteiger charge is 2.52. The van der Waals surface area contributed by atoms with Crippen LogP contribution < -0.4 is 15.5 Å². The topological polar surface area (TPSA) is 108 Å². The molecule has 0 radical (unpaired) electrons. The summed E-state index contributed by atoms with van der Waals surface area (Å²) in [6.07, 6.45) is -0.704. The van der Waals surface area contributed by atoms with Gasteiger partial charge in [0.1, 0.15) is 41.0 Å². The lowest BCUT2D eigenvalue weighted by Gasteiger charge is -2.35. The minimum absolute atomic E-state index is 0.427. The van der Waals surface area contributed by atoms with Crippen LogP contribution in [-0.2, 0) is 24.5 Å². The smallest absolute Gasteiger partial charge is 0.410 e. The predicted octanol–water partition coefficient (Wildman–Crippen LogP) is 4.99. The summed E-state index contributed by atoms with van der Waals surface area (Å²) in [4.78, 5) is 56.3. The SMILES string of the molecule is CC(C)C(NC(=O)C(C)N(C)C(=O)OC(C)(C)C)C(=O)N1c2ccccc2C(C)(C)[C@@H]1C(=O)Nc1c(F)cccc1F. The number of hydrogen-bond donors (Lipinski definition) is 2. The molecule has 0 bridgehead atoms. The van der Waals surface area contributed by atoms with Gasteiger partial charge >= 0.3 is 6.09 Å². The number of rotatable bonds is 7. The molecule has 1 aliphatic rings. The van der Waals surface area contributed by atoms with E-state index in [0.717, 1.165) is 17.0 Å². The fourth-order valence-electron chi connectivity index (χ4n) is 4.94. The molecule has 4 amide bonds. The molecule has 0 aromatic heterocycles. The molecule has 11 heteroatoms. The Labute approximate surface area is 245 Å². The molecule has 0 spiro atoms. The molecule has 3 rings (SSSR count). The van der Waals surface area contributed by atoms with Crippen LogP contribution in [0.25, 0.3) is 0 Å². The van der Waals surface area contributed by atoms with Crippen molar-refractivity contribution in [2.75, 3.05) is 17.3 Å². The van der Waals surface area contributed by atoms with Gasteiger partial charge in [-0.25, -0.2) is 13.6 Å². The van der Waals surface area contributed by atoms with E-state index < -0.39 is 76.2 Å². The van der Waals surface area contributed by atoms with Gasteiger partial charge in [-0.15, -0.1) is 0 Å². The second-order valence-corrected chi connectivity index (χ2v) is 12.4. The summed E-state index contributed by atoms with van der Waals surface area (Å²) in [6, 6.07) is 6.89. The molecule has 42 heavy (non-hydrogen) atoms. The number of fused-ring (bicyclic) bond motifs is 1. The monoisotopic (exact) mass is 586 g/mol. The van der Waals surface area contributed by atoms with Crippen molar-refractivity contribution in [2.24, 2.45) is 5.92 Å². The number of hydrogen-bond acceptors (Lipinski definition) is 5. The summed E-state index contributed by atoms with van der Waals surface area (Å²) >= 11 is 0. The number of likely N-dealkylation sites (N-methyl/N-ethyl adjacent to an activating group) is 1. The number of nitrogens with one attached hydrogen (secondary N) is 2. The van der Waals surface area contributed by atoms with Gasteiger partial charge in [-0.2, -0.15) is 0 Å². The zero-order valence-electron chi connectivity index (χ0n) is 25.5. The van der Waals surface area contributed by atoms with Crippen molar-refractivity contribution in [3.63, 3.8) is 0 Å². The number of carbonyl (C=O) groups excluding carboxylic acids is 4. The fourth-order valence-corrected chi connectivity index (χ4v) is 4.94. The molecule has 1 aliphatic heterocycles. The average Bonchev–Trinajstić information content (AvgIpc) is 3.13. The van der Waals surface area contributed by atoms with Crippen molar-refractivity contribution >= 4 is 35.2 Å². The van der Waals surface area contributed by atoms with E-state index in [2.05, 4.69) is 10.6 Å². The summed E-state index contributed by atoms with van der Waals surface area (Å²) in [5, 5.41) is 5.09. The number of para-hydroxylation sites is 2. The van der Waals surface area contributed by atoms with Gasteiger partial charge in [0.25, 0.3) is 5.91 Å². The first kappa shape index (κ1) is 32.5. The highest BCUT2D eigenvalue weighted by atomic mass is 19.1. The number of halogens is 2. The summed E-state index contributed by atoms with van der Waals surface area (Å²) in [6.45, 7) is 13.6. The second-order valence-electron chi connectivity index (χ2n) is 12.4. The maximum atomic E-state index is 14.5. The fraction of sp³-hybridized carbons (Fsp3) is 0.484. The molecule has 228 valence electrons. The molecule has 9 nitrogen and oxygen atoms in total. The summed E-state index contributed by atoms with van der Waals surface area (Å²) < 4.78 is 34.3. The Kier molecular flexibility index (Phi) is 9.34. The summed E-state index contributed by atoms with van der Waals surface area (Å²) in [7, 11) is 1.42. The molecule has 0 saturated carbocycles. The largest absolute Gasteiger partial charge is 0.444 e. The van der Waals surface area contributed by atoms with E-state index in [1.54, 1.807) is 72.7 Å². The average molecular weight is 587 g/mol. The summed E-state index contributed by atoms with van der Waals surface area (Å²) in [5.41, 5.74) is -1.22. The van der Waals surface area contributed by atoms with E-state index in [1.165, 1.54) is 24.9 Å². The lowest BCUT2D eigenvalue weighted by molar-refractivity contribution is -0.132. The first-order valence-corrected chi connectivity index (χ1v) is 13.8.